The molecule has 0 unspecified atom stereocenters. The molecule has 1 amide bonds. The number of ketones is 1. The van der Waals surface area contributed by atoms with Crippen molar-refractivity contribution in [1.82, 2.24) is 14.9 Å². The molecule has 0 aliphatic rings. The van der Waals surface area contributed by atoms with Crippen molar-refractivity contribution in [2.24, 2.45) is 7.05 Å². The van der Waals surface area contributed by atoms with E-state index in [-0.39, 0.29) is 24.5 Å². The standard InChI is InChI=1S/C23H24FN3O4/c1-27-12-11-25-23(27)22(16-5-4-6-17(24)13-16)26-21(29)10-8-18(28)15-7-9-19(30-2)20(14-15)31-3/h4-7,9,11-14,22H,8,10H2,1-3H3,(H,26,29)/t22-/m0/s1. The van der Waals surface area contributed by atoms with Crippen molar-refractivity contribution in [3.63, 3.8) is 0 Å². The van der Waals surface area contributed by atoms with Crippen LogP contribution in [0.25, 0.3) is 0 Å². The molecular weight excluding hydrogens is 401 g/mol. The van der Waals surface area contributed by atoms with Gasteiger partial charge in [-0.2, -0.15) is 0 Å². The molecule has 0 spiro atoms. The average molecular weight is 425 g/mol. The summed E-state index contributed by atoms with van der Waals surface area (Å²) in [5.41, 5.74) is 0.991. The number of amides is 1. The lowest BCUT2D eigenvalue weighted by Crippen LogP contribution is -2.31. The van der Waals surface area contributed by atoms with E-state index in [1.54, 1.807) is 54.3 Å². The molecule has 8 heteroatoms. The number of benzene rings is 2. The normalized spacial score (nSPS) is 11.6. The van der Waals surface area contributed by atoms with Crippen molar-refractivity contribution in [2.75, 3.05) is 14.2 Å². The summed E-state index contributed by atoms with van der Waals surface area (Å²) in [6.45, 7) is 0. The van der Waals surface area contributed by atoms with Gasteiger partial charge in [0.15, 0.2) is 17.3 Å². The number of carbonyl (C=O) groups excluding carboxylic acids is 2. The number of aromatic nitrogens is 2. The van der Waals surface area contributed by atoms with E-state index in [2.05, 4.69) is 10.3 Å². The smallest absolute Gasteiger partial charge is 0.221 e. The van der Waals surface area contributed by atoms with Crippen LogP contribution in [0.1, 0.15) is 40.6 Å². The van der Waals surface area contributed by atoms with Crippen molar-refractivity contribution in [3.8, 4) is 11.5 Å². The number of methoxy groups -OCH3 is 2. The Bertz CT molecular complexity index is 1080. The van der Waals surface area contributed by atoms with Crippen LogP contribution in [0.15, 0.2) is 54.9 Å². The SMILES string of the molecule is COc1ccc(C(=O)CCC(=O)N[C@@H](c2cccc(F)c2)c2nccn2C)cc1OC. The Morgan fingerprint density at radius 1 is 1.10 bits per heavy atom. The van der Waals surface area contributed by atoms with Crippen LogP contribution in [0.5, 0.6) is 11.5 Å². The quantitative estimate of drug-likeness (QED) is 0.531. The summed E-state index contributed by atoms with van der Waals surface area (Å²) in [4.78, 5) is 29.5. The van der Waals surface area contributed by atoms with E-state index in [1.807, 2.05) is 0 Å². The summed E-state index contributed by atoms with van der Waals surface area (Å²) < 4.78 is 25.9. The first-order chi connectivity index (χ1) is 14.9. The van der Waals surface area contributed by atoms with E-state index in [4.69, 9.17) is 9.47 Å². The minimum Gasteiger partial charge on any atom is -0.493 e. The maximum absolute atomic E-state index is 13.8. The van der Waals surface area contributed by atoms with Gasteiger partial charge < -0.3 is 19.4 Å². The zero-order valence-electron chi connectivity index (χ0n) is 17.6. The minimum absolute atomic E-state index is 0.0117. The van der Waals surface area contributed by atoms with Crippen LogP contribution in [-0.4, -0.2) is 35.5 Å². The van der Waals surface area contributed by atoms with Gasteiger partial charge in [0, 0.05) is 37.8 Å². The highest BCUT2D eigenvalue weighted by molar-refractivity contribution is 5.98. The third kappa shape index (κ3) is 5.28. The summed E-state index contributed by atoms with van der Waals surface area (Å²) in [7, 11) is 4.80. The Balaban J connectivity index is 1.70. The highest BCUT2D eigenvalue weighted by Gasteiger charge is 2.22. The molecule has 162 valence electrons. The summed E-state index contributed by atoms with van der Waals surface area (Å²) in [6, 6.07) is 10.2. The Morgan fingerprint density at radius 2 is 1.87 bits per heavy atom. The number of carbonyl (C=O) groups is 2. The molecule has 3 aromatic rings. The number of hydrogen-bond donors (Lipinski definition) is 1. The van der Waals surface area contributed by atoms with E-state index in [1.165, 1.54) is 26.4 Å². The summed E-state index contributed by atoms with van der Waals surface area (Å²) in [5.74, 6) is 0.574. The lowest BCUT2D eigenvalue weighted by molar-refractivity contribution is -0.121. The van der Waals surface area contributed by atoms with E-state index in [9.17, 15) is 14.0 Å². The van der Waals surface area contributed by atoms with Crippen LogP contribution in [0, 0.1) is 5.82 Å². The predicted octanol–water partition coefficient (Wildman–Crippen LogP) is 3.45. The Labute approximate surface area is 179 Å². The van der Waals surface area contributed by atoms with Crippen molar-refractivity contribution in [1.29, 1.82) is 0 Å². The fourth-order valence-corrected chi connectivity index (χ4v) is 3.25. The predicted molar refractivity (Wildman–Crippen MR) is 113 cm³/mol. The molecule has 7 nitrogen and oxygen atoms in total. The van der Waals surface area contributed by atoms with Crippen molar-refractivity contribution in [3.05, 3.63) is 77.6 Å². The molecule has 0 radical (unpaired) electrons. The number of ether oxygens (including phenoxy) is 2. The maximum atomic E-state index is 13.8. The fraction of sp³-hybridized carbons (Fsp3) is 0.261. The van der Waals surface area contributed by atoms with Gasteiger partial charge in [-0.3, -0.25) is 9.59 Å². The van der Waals surface area contributed by atoms with Crippen LogP contribution in [0.2, 0.25) is 0 Å². The number of hydrogen-bond acceptors (Lipinski definition) is 5. The average Bonchev–Trinajstić information content (AvgIpc) is 3.20. The molecule has 0 fully saturated rings. The Hall–Kier alpha value is -3.68. The van der Waals surface area contributed by atoms with E-state index < -0.39 is 11.9 Å². The number of nitrogens with one attached hydrogen (secondary N) is 1. The number of Topliss-reactive ketones (excluding diaryl/α,β-unsaturated/α-hetero) is 1. The molecule has 3 rings (SSSR count). The fourth-order valence-electron chi connectivity index (χ4n) is 3.25. The molecule has 0 aliphatic carbocycles. The largest absolute Gasteiger partial charge is 0.493 e. The molecule has 0 saturated heterocycles. The molecule has 1 heterocycles. The second-order valence-electron chi connectivity index (χ2n) is 6.94. The molecule has 0 saturated carbocycles. The molecule has 1 N–H and O–H groups in total. The van der Waals surface area contributed by atoms with Gasteiger partial charge in [-0.15, -0.1) is 0 Å². The lowest BCUT2D eigenvalue weighted by Gasteiger charge is -2.19. The van der Waals surface area contributed by atoms with Crippen molar-refractivity contribution >= 4 is 11.7 Å². The summed E-state index contributed by atoms with van der Waals surface area (Å²) in [5, 5.41) is 2.87. The number of imidazole rings is 1. The number of halogens is 1. The summed E-state index contributed by atoms with van der Waals surface area (Å²) in [6.07, 6.45) is 3.34. The molecule has 0 bridgehead atoms. The highest BCUT2D eigenvalue weighted by Crippen LogP contribution is 2.28. The van der Waals surface area contributed by atoms with Crippen LogP contribution in [-0.2, 0) is 11.8 Å². The summed E-state index contributed by atoms with van der Waals surface area (Å²) >= 11 is 0. The first-order valence-corrected chi connectivity index (χ1v) is 9.70. The van der Waals surface area contributed by atoms with Gasteiger partial charge in [0.2, 0.25) is 5.91 Å². The first kappa shape index (κ1) is 22.0. The van der Waals surface area contributed by atoms with Gasteiger partial charge in [0.25, 0.3) is 0 Å². The molecule has 1 atom stereocenters. The molecule has 31 heavy (non-hydrogen) atoms. The van der Waals surface area contributed by atoms with E-state index >= 15 is 0 Å². The second-order valence-corrected chi connectivity index (χ2v) is 6.94. The number of rotatable bonds is 9. The van der Waals surface area contributed by atoms with Crippen LogP contribution in [0.3, 0.4) is 0 Å². The van der Waals surface area contributed by atoms with Gasteiger partial charge in [-0.05, 0) is 35.9 Å². The van der Waals surface area contributed by atoms with Gasteiger partial charge in [0.1, 0.15) is 17.7 Å². The van der Waals surface area contributed by atoms with E-state index in [0.29, 0.717) is 28.5 Å². The zero-order valence-corrected chi connectivity index (χ0v) is 17.6. The molecule has 1 aromatic heterocycles. The van der Waals surface area contributed by atoms with E-state index in [0.717, 1.165) is 0 Å². The Kier molecular flexibility index (Phi) is 7.02. The van der Waals surface area contributed by atoms with Gasteiger partial charge in [-0.25, -0.2) is 9.37 Å². The van der Waals surface area contributed by atoms with Crippen LogP contribution in [0.4, 0.5) is 4.39 Å². The van der Waals surface area contributed by atoms with Crippen LogP contribution < -0.4 is 14.8 Å². The zero-order chi connectivity index (χ0) is 22.4. The second kappa shape index (κ2) is 9.88. The lowest BCUT2D eigenvalue weighted by atomic mass is 10.0. The van der Waals surface area contributed by atoms with Crippen molar-refractivity contribution in [2.45, 2.75) is 18.9 Å². The van der Waals surface area contributed by atoms with Gasteiger partial charge in [-0.1, -0.05) is 12.1 Å². The minimum atomic E-state index is -0.639. The van der Waals surface area contributed by atoms with Gasteiger partial charge in [0.05, 0.1) is 14.2 Å². The third-order valence-corrected chi connectivity index (χ3v) is 4.89. The highest BCUT2D eigenvalue weighted by atomic mass is 19.1. The van der Waals surface area contributed by atoms with Crippen molar-refractivity contribution < 1.29 is 23.5 Å². The number of nitrogens with zero attached hydrogens (tertiary/aromatic N) is 2. The number of aryl methyl sites for hydroxylation is 1. The monoisotopic (exact) mass is 425 g/mol. The molecule has 2 aromatic carbocycles. The topological polar surface area (TPSA) is 82.5 Å². The molecular formula is C23H24FN3O4. The van der Waals surface area contributed by atoms with Gasteiger partial charge >= 0.3 is 0 Å². The maximum Gasteiger partial charge on any atom is 0.221 e. The van der Waals surface area contributed by atoms with Crippen LogP contribution >= 0.6 is 0 Å². The Morgan fingerprint density at radius 3 is 2.52 bits per heavy atom. The third-order valence-electron chi connectivity index (χ3n) is 4.89. The first-order valence-electron chi connectivity index (χ1n) is 9.70. The molecule has 0 aliphatic heterocycles.